The van der Waals surface area contributed by atoms with Gasteiger partial charge in [-0.1, -0.05) is 35.5 Å². The largest absolute Gasteiger partial charge is 0.491 e. The van der Waals surface area contributed by atoms with Crippen LogP contribution in [0.1, 0.15) is 18.2 Å². The molecule has 2 aromatic carbocycles. The maximum Gasteiger partial charge on any atom is 0.236 e. The van der Waals surface area contributed by atoms with Gasteiger partial charge in [-0.25, -0.2) is 14.8 Å². The third-order valence-corrected chi connectivity index (χ3v) is 6.28. The van der Waals surface area contributed by atoms with Crippen molar-refractivity contribution in [1.29, 1.82) is 5.26 Å². The first-order valence-electron chi connectivity index (χ1n) is 10.7. The first-order chi connectivity index (χ1) is 17.4. The number of aliphatic hydroxyl groups excluding tert-OH is 1. The van der Waals surface area contributed by atoms with Gasteiger partial charge in [-0.05, 0) is 48.9 Å². The Morgan fingerprint density at radius 3 is 2.53 bits per heavy atom. The number of oxazole rings is 1. The average molecular weight is 518 g/mol. The molecule has 10 heteroatoms. The lowest BCUT2D eigenvalue weighted by Crippen LogP contribution is -2.12. The van der Waals surface area contributed by atoms with Crippen LogP contribution in [-0.2, 0) is 5.75 Å². The summed E-state index contributed by atoms with van der Waals surface area (Å²) in [5.41, 5.74) is 8.97. The number of aromatic nitrogens is 2. The highest BCUT2D eigenvalue weighted by Crippen LogP contribution is 2.42. The number of benzene rings is 2. The van der Waals surface area contributed by atoms with Crippen LogP contribution in [0.2, 0.25) is 5.02 Å². The molecule has 0 spiro atoms. The lowest BCUT2D eigenvalue weighted by atomic mass is 10.00. The van der Waals surface area contributed by atoms with Crippen molar-refractivity contribution in [2.24, 2.45) is 0 Å². The molecular weight excluding hydrogens is 498 g/mol. The molecule has 0 saturated heterocycles. The van der Waals surface area contributed by atoms with Crippen LogP contribution in [-0.4, -0.2) is 27.8 Å². The molecular formula is C26H20ClN5O3S. The van der Waals surface area contributed by atoms with Crippen molar-refractivity contribution in [3.05, 3.63) is 82.5 Å². The number of thioether (sulfide) groups is 1. The molecule has 1 atom stereocenters. The van der Waals surface area contributed by atoms with Crippen LogP contribution in [0, 0.1) is 17.9 Å². The van der Waals surface area contributed by atoms with Crippen LogP contribution in [0.3, 0.4) is 0 Å². The van der Waals surface area contributed by atoms with Gasteiger partial charge in [0, 0.05) is 21.9 Å². The molecule has 4 aromatic rings. The van der Waals surface area contributed by atoms with Gasteiger partial charge in [-0.3, -0.25) is 0 Å². The molecule has 0 bridgehead atoms. The Hall–Kier alpha value is -4.02. The standard InChI is InChI=1S/C26H20ClN5O3S/c1-15(33)12-34-20-9-5-16(6-10-20)22-21(11-28)26(32-24(29)23(22)30-2)36-14-19-13-35-25(31-19)17-3-7-18(27)8-4-17/h3-10,13,15,33H,12,14H2,1H3,(H2,29,32)/t15-/m0/s1. The highest BCUT2D eigenvalue weighted by molar-refractivity contribution is 7.98. The third-order valence-electron chi connectivity index (χ3n) is 5.02. The van der Waals surface area contributed by atoms with E-state index in [1.807, 2.05) is 12.1 Å². The quantitative estimate of drug-likeness (QED) is 0.212. The summed E-state index contributed by atoms with van der Waals surface area (Å²) < 4.78 is 11.1. The van der Waals surface area contributed by atoms with Gasteiger partial charge in [0.15, 0.2) is 0 Å². The Bertz CT molecular complexity index is 1460. The summed E-state index contributed by atoms with van der Waals surface area (Å²) in [5.74, 6) is 1.43. The van der Waals surface area contributed by atoms with E-state index < -0.39 is 6.10 Å². The van der Waals surface area contributed by atoms with Crippen LogP contribution in [0.4, 0.5) is 11.5 Å². The van der Waals surface area contributed by atoms with Gasteiger partial charge in [0.2, 0.25) is 11.6 Å². The van der Waals surface area contributed by atoms with Crippen molar-refractivity contribution < 1.29 is 14.3 Å². The van der Waals surface area contributed by atoms with E-state index in [1.165, 1.54) is 11.8 Å². The first-order valence-corrected chi connectivity index (χ1v) is 12.1. The van der Waals surface area contributed by atoms with E-state index in [0.717, 1.165) is 5.56 Å². The Morgan fingerprint density at radius 2 is 1.89 bits per heavy atom. The molecule has 8 nitrogen and oxygen atoms in total. The molecule has 0 saturated carbocycles. The molecule has 2 heterocycles. The van der Waals surface area contributed by atoms with Crippen molar-refractivity contribution in [2.45, 2.75) is 23.8 Å². The Kier molecular flexibility index (Phi) is 7.77. The number of nitrogens with two attached hydrogens (primary N) is 1. The lowest BCUT2D eigenvalue weighted by Gasteiger charge is -2.14. The number of hydrogen-bond donors (Lipinski definition) is 2. The van der Waals surface area contributed by atoms with Crippen LogP contribution in [0.15, 0.2) is 64.2 Å². The molecule has 180 valence electrons. The van der Waals surface area contributed by atoms with Crippen LogP contribution >= 0.6 is 23.4 Å². The second kappa shape index (κ2) is 11.1. The molecule has 0 aliphatic heterocycles. The summed E-state index contributed by atoms with van der Waals surface area (Å²) in [5, 5.41) is 20.4. The summed E-state index contributed by atoms with van der Waals surface area (Å²) >= 11 is 7.22. The van der Waals surface area contributed by atoms with Crippen LogP contribution in [0.25, 0.3) is 27.4 Å². The maximum absolute atomic E-state index is 10.00. The van der Waals surface area contributed by atoms with E-state index in [9.17, 15) is 10.4 Å². The number of nitrogen functional groups attached to an aromatic ring is 1. The highest BCUT2D eigenvalue weighted by Gasteiger charge is 2.21. The van der Waals surface area contributed by atoms with Gasteiger partial charge in [0.25, 0.3) is 0 Å². The van der Waals surface area contributed by atoms with Gasteiger partial charge in [-0.2, -0.15) is 5.26 Å². The number of pyridine rings is 1. The molecule has 0 radical (unpaired) electrons. The summed E-state index contributed by atoms with van der Waals surface area (Å²) in [6.45, 7) is 9.40. The number of nitrogens with zero attached hydrogens (tertiary/aromatic N) is 4. The third kappa shape index (κ3) is 5.61. The minimum atomic E-state index is -0.602. The smallest absolute Gasteiger partial charge is 0.236 e. The Balaban J connectivity index is 1.62. The molecule has 0 aliphatic rings. The van der Waals surface area contributed by atoms with Crippen molar-refractivity contribution in [2.75, 3.05) is 12.3 Å². The zero-order valence-electron chi connectivity index (χ0n) is 19.1. The molecule has 0 unspecified atom stereocenters. The molecule has 0 amide bonds. The fraction of sp³-hybridized carbons (Fsp3) is 0.154. The number of rotatable bonds is 8. The Morgan fingerprint density at radius 1 is 1.19 bits per heavy atom. The van der Waals surface area contributed by atoms with Gasteiger partial charge in [-0.15, -0.1) is 0 Å². The zero-order chi connectivity index (χ0) is 25.7. The second-order valence-electron chi connectivity index (χ2n) is 7.75. The van der Waals surface area contributed by atoms with E-state index in [-0.39, 0.29) is 23.7 Å². The van der Waals surface area contributed by atoms with Crippen molar-refractivity contribution in [3.8, 4) is 34.4 Å². The number of anilines is 1. The summed E-state index contributed by atoms with van der Waals surface area (Å²) in [7, 11) is 0. The number of aliphatic hydroxyl groups is 1. The highest BCUT2D eigenvalue weighted by atomic mass is 35.5. The lowest BCUT2D eigenvalue weighted by molar-refractivity contribution is 0.123. The maximum atomic E-state index is 10.00. The minimum Gasteiger partial charge on any atom is -0.491 e. The summed E-state index contributed by atoms with van der Waals surface area (Å²) in [6.07, 6.45) is 0.947. The van der Waals surface area contributed by atoms with Gasteiger partial charge in [0.05, 0.1) is 23.9 Å². The van der Waals surface area contributed by atoms with E-state index >= 15 is 0 Å². The molecule has 0 aliphatic carbocycles. The topological polar surface area (TPSA) is 123 Å². The number of nitriles is 1. The molecule has 4 rings (SSSR count). The number of hydrogen-bond acceptors (Lipinski definition) is 8. The number of halogens is 1. The van der Waals surface area contributed by atoms with Gasteiger partial charge >= 0.3 is 0 Å². The van der Waals surface area contributed by atoms with E-state index in [4.69, 9.17) is 33.1 Å². The van der Waals surface area contributed by atoms with Crippen LogP contribution < -0.4 is 10.5 Å². The fourth-order valence-electron chi connectivity index (χ4n) is 3.35. The van der Waals surface area contributed by atoms with Crippen molar-refractivity contribution in [3.63, 3.8) is 0 Å². The van der Waals surface area contributed by atoms with E-state index in [2.05, 4.69) is 20.9 Å². The van der Waals surface area contributed by atoms with Crippen LogP contribution in [0.5, 0.6) is 5.75 Å². The summed E-state index contributed by atoms with van der Waals surface area (Å²) in [6, 6.07) is 16.2. The predicted molar refractivity (Wildman–Crippen MR) is 139 cm³/mol. The monoisotopic (exact) mass is 517 g/mol. The average Bonchev–Trinajstić information content (AvgIpc) is 3.35. The van der Waals surface area contributed by atoms with E-state index in [1.54, 1.807) is 49.6 Å². The fourth-order valence-corrected chi connectivity index (χ4v) is 4.35. The van der Waals surface area contributed by atoms with Gasteiger partial charge < -0.3 is 20.0 Å². The first kappa shape index (κ1) is 25.1. The normalized spacial score (nSPS) is 11.5. The van der Waals surface area contributed by atoms with Gasteiger partial charge in [0.1, 0.15) is 35.5 Å². The predicted octanol–water partition coefficient (Wildman–Crippen LogP) is 6.11. The molecule has 2 aromatic heterocycles. The molecule has 36 heavy (non-hydrogen) atoms. The summed E-state index contributed by atoms with van der Waals surface area (Å²) in [4.78, 5) is 12.4. The zero-order valence-corrected chi connectivity index (χ0v) is 20.7. The molecule has 0 fully saturated rings. The minimum absolute atomic E-state index is 0.0398. The second-order valence-corrected chi connectivity index (χ2v) is 9.15. The SMILES string of the molecule is [C-]#[N+]c1c(N)nc(SCc2coc(-c3ccc(Cl)cc3)n2)c(C#N)c1-c1ccc(OC[C@H](C)O)cc1. The molecule has 3 N–H and O–H groups in total. The Labute approximate surface area is 217 Å². The van der Waals surface area contributed by atoms with Crippen molar-refractivity contribution >= 4 is 34.9 Å². The number of ether oxygens (including phenoxy) is 1. The van der Waals surface area contributed by atoms with Crippen molar-refractivity contribution in [1.82, 2.24) is 9.97 Å². The van der Waals surface area contributed by atoms with E-state index in [0.29, 0.717) is 44.3 Å².